The van der Waals surface area contributed by atoms with E-state index in [1.54, 1.807) is 36.5 Å². The van der Waals surface area contributed by atoms with Crippen molar-refractivity contribution in [3.63, 3.8) is 0 Å². The molecule has 3 aromatic rings. The zero-order valence-electron chi connectivity index (χ0n) is 19.1. The Morgan fingerprint density at radius 3 is 2.34 bits per heavy atom. The Hall–Kier alpha value is -3.42. The third kappa shape index (κ3) is 5.47. The minimum Gasteiger partial charge on any atom is -0.435 e. The highest BCUT2D eigenvalue weighted by molar-refractivity contribution is 5.79. The Balaban J connectivity index is 1.43. The number of aromatic nitrogens is 2. The Bertz CT molecular complexity index is 1150. The highest BCUT2D eigenvalue weighted by Gasteiger charge is 2.48. The lowest BCUT2D eigenvalue weighted by Crippen LogP contribution is -2.37. The van der Waals surface area contributed by atoms with Crippen molar-refractivity contribution < 1.29 is 22.7 Å². The normalized spacial score (nSPS) is 17.1. The third-order valence-electron chi connectivity index (χ3n) is 6.93. The van der Waals surface area contributed by atoms with Gasteiger partial charge in [-0.3, -0.25) is 4.79 Å². The lowest BCUT2D eigenvalue weighted by Gasteiger charge is -2.34. The summed E-state index contributed by atoms with van der Waals surface area (Å²) in [5.74, 6) is 0.0484. The van der Waals surface area contributed by atoms with Crippen LogP contribution in [0.25, 0.3) is 0 Å². The largest absolute Gasteiger partial charge is 0.435 e. The number of rotatable bonds is 10. The summed E-state index contributed by atoms with van der Waals surface area (Å²) in [6, 6.07) is 16.4. The van der Waals surface area contributed by atoms with Gasteiger partial charge >= 0.3 is 6.61 Å². The van der Waals surface area contributed by atoms with E-state index in [2.05, 4.69) is 14.9 Å². The van der Waals surface area contributed by atoms with Gasteiger partial charge in [-0.1, -0.05) is 24.3 Å². The molecule has 0 N–H and O–H groups in total. The van der Waals surface area contributed by atoms with Crippen molar-refractivity contribution in [2.45, 2.75) is 56.7 Å². The van der Waals surface area contributed by atoms with Crippen LogP contribution in [-0.4, -0.2) is 27.6 Å². The first-order valence-electron chi connectivity index (χ1n) is 11.8. The smallest absolute Gasteiger partial charge is 0.387 e. The summed E-state index contributed by atoms with van der Waals surface area (Å²) < 4.78 is 43.2. The molecule has 1 aromatic heterocycles. The molecule has 8 heteroatoms. The van der Waals surface area contributed by atoms with Crippen LogP contribution in [0.1, 0.15) is 55.0 Å². The molecule has 1 unspecified atom stereocenters. The van der Waals surface area contributed by atoms with Crippen molar-refractivity contribution >= 4 is 5.91 Å². The Morgan fingerprint density at radius 1 is 1.06 bits per heavy atom. The quantitative estimate of drug-likeness (QED) is 0.366. The maximum absolute atomic E-state index is 13.9. The predicted octanol–water partition coefficient (Wildman–Crippen LogP) is 5.82. The van der Waals surface area contributed by atoms with Gasteiger partial charge in [0, 0.05) is 18.0 Å². The van der Waals surface area contributed by atoms with E-state index in [1.165, 1.54) is 24.3 Å². The fraction of sp³-hybridized carbons (Fsp3) is 0.370. The third-order valence-corrected chi connectivity index (χ3v) is 6.93. The topological polar surface area (TPSA) is 55.3 Å². The van der Waals surface area contributed by atoms with Crippen LogP contribution in [0, 0.1) is 11.7 Å². The van der Waals surface area contributed by atoms with Gasteiger partial charge in [0.05, 0.1) is 18.3 Å². The first-order valence-corrected chi connectivity index (χ1v) is 11.8. The highest BCUT2D eigenvalue weighted by atomic mass is 19.3. The number of halogens is 3. The average molecular weight is 482 g/mol. The molecular formula is C27H26F3N3O2. The zero-order chi connectivity index (χ0) is 24.4. The summed E-state index contributed by atoms with van der Waals surface area (Å²) in [6.45, 7) is -2.60. The van der Waals surface area contributed by atoms with Crippen LogP contribution in [0.5, 0.6) is 5.75 Å². The van der Waals surface area contributed by atoms with Crippen LogP contribution in [0.2, 0.25) is 0 Å². The number of carbonyl (C=O) groups excluding carboxylic acids is 1. The van der Waals surface area contributed by atoms with Crippen LogP contribution < -0.4 is 4.74 Å². The molecule has 0 aliphatic heterocycles. The number of carbonyl (C=O) groups is 1. The summed E-state index contributed by atoms with van der Waals surface area (Å²) >= 11 is 0. The molecule has 35 heavy (non-hydrogen) atoms. The van der Waals surface area contributed by atoms with Gasteiger partial charge in [-0.05, 0) is 79.1 Å². The molecule has 2 aliphatic rings. The van der Waals surface area contributed by atoms with Crippen molar-refractivity contribution in [1.29, 1.82) is 0 Å². The van der Waals surface area contributed by atoms with E-state index in [0.717, 1.165) is 36.8 Å². The molecule has 1 heterocycles. The van der Waals surface area contributed by atoms with E-state index in [4.69, 9.17) is 0 Å². The summed E-state index contributed by atoms with van der Waals surface area (Å²) in [7, 11) is 0. The molecule has 2 saturated carbocycles. The van der Waals surface area contributed by atoms with E-state index in [9.17, 15) is 18.0 Å². The molecule has 2 aromatic carbocycles. The lowest BCUT2D eigenvalue weighted by molar-refractivity contribution is -0.135. The van der Waals surface area contributed by atoms with E-state index < -0.39 is 6.61 Å². The van der Waals surface area contributed by atoms with Gasteiger partial charge in [-0.25, -0.2) is 4.39 Å². The number of alkyl halides is 2. The molecule has 2 fully saturated rings. The molecule has 5 nitrogen and oxygen atoms in total. The van der Waals surface area contributed by atoms with Crippen LogP contribution >= 0.6 is 0 Å². The fourth-order valence-electron chi connectivity index (χ4n) is 4.81. The van der Waals surface area contributed by atoms with E-state index in [0.29, 0.717) is 18.7 Å². The van der Waals surface area contributed by atoms with Gasteiger partial charge in [0.1, 0.15) is 11.6 Å². The van der Waals surface area contributed by atoms with Crippen molar-refractivity contribution in [2.75, 3.05) is 0 Å². The maximum Gasteiger partial charge on any atom is 0.387 e. The molecule has 5 rings (SSSR count). The van der Waals surface area contributed by atoms with Gasteiger partial charge in [0.2, 0.25) is 5.91 Å². The van der Waals surface area contributed by atoms with Gasteiger partial charge in [0.25, 0.3) is 0 Å². The monoisotopic (exact) mass is 481 g/mol. The predicted molar refractivity (Wildman–Crippen MR) is 123 cm³/mol. The second-order valence-electron chi connectivity index (χ2n) is 9.43. The number of benzene rings is 2. The fourth-order valence-corrected chi connectivity index (χ4v) is 4.81. The van der Waals surface area contributed by atoms with E-state index >= 15 is 0 Å². The second-order valence-corrected chi connectivity index (χ2v) is 9.43. The second kappa shape index (κ2) is 9.68. The minimum atomic E-state index is -2.89. The number of nitrogens with zero attached hydrogens (tertiary/aromatic N) is 3. The first-order chi connectivity index (χ1) is 16.9. The van der Waals surface area contributed by atoms with Crippen molar-refractivity contribution in [2.24, 2.45) is 5.92 Å². The van der Waals surface area contributed by atoms with Crippen LogP contribution in [0.3, 0.4) is 0 Å². The Kier molecular flexibility index (Phi) is 6.45. The van der Waals surface area contributed by atoms with Crippen LogP contribution in [0.4, 0.5) is 13.2 Å². The highest BCUT2D eigenvalue weighted by Crippen LogP contribution is 2.52. The molecule has 1 amide bonds. The summed E-state index contributed by atoms with van der Waals surface area (Å²) in [4.78, 5) is 15.7. The number of amides is 1. The summed E-state index contributed by atoms with van der Waals surface area (Å²) in [5, 5.41) is 8.16. The molecule has 0 radical (unpaired) electrons. The van der Waals surface area contributed by atoms with E-state index in [1.807, 2.05) is 11.0 Å². The molecule has 0 spiro atoms. The Morgan fingerprint density at radius 2 is 1.77 bits per heavy atom. The van der Waals surface area contributed by atoms with Gasteiger partial charge in [-0.15, -0.1) is 0 Å². The molecular weight excluding hydrogens is 455 g/mol. The van der Waals surface area contributed by atoms with Crippen LogP contribution in [-0.2, 0) is 16.8 Å². The molecule has 0 bridgehead atoms. The average Bonchev–Trinajstić information content (AvgIpc) is 3.77. The number of ether oxygens (including phenoxy) is 1. The van der Waals surface area contributed by atoms with Crippen LogP contribution in [0.15, 0.2) is 66.9 Å². The summed E-state index contributed by atoms with van der Waals surface area (Å²) in [5.41, 5.74) is 2.24. The standard InChI is InChI=1S/C27H26F3N3O2/c28-21-9-7-20(8-10-21)27(13-14-27)16-24(34)33(17-22-2-1-15-31-32-22)25(18-3-4-18)19-5-11-23(12-6-19)35-26(29)30/h1-2,5-12,15,18,25-26H,3-4,13-14,16-17H2. The van der Waals surface area contributed by atoms with Crippen molar-refractivity contribution in [3.8, 4) is 5.75 Å². The maximum atomic E-state index is 13.9. The zero-order valence-corrected chi connectivity index (χ0v) is 19.1. The molecule has 1 atom stereocenters. The SMILES string of the molecule is O=C(CC1(c2ccc(F)cc2)CC1)N(Cc1cccnn1)C(c1ccc(OC(F)F)cc1)C1CC1. The molecule has 182 valence electrons. The molecule has 0 saturated heterocycles. The van der Waals surface area contributed by atoms with E-state index in [-0.39, 0.29) is 34.8 Å². The minimum absolute atomic E-state index is 0.0118. The Labute approximate surface area is 201 Å². The first kappa shape index (κ1) is 23.3. The van der Waals surface area contributed by atoms with Crippen molar-refractivity contribution in [1.82, 2.24) is 15.1 Å². The summed E-state index contributed by atoms with van der Waals surface area (Å²) in [6.07, 6.45) is 5.60. The molecule has 2 aliphatic carbocycles. The number of hydrogen-bond acceptors (Lipinski definition) is 4. The lowest BCUT2D eigenvalue weighted by atomic mass is 9.90. The van der Waals surface area contributed by atoms with Crippen molar-refractivity contribution in [3.05, 3.63) is 89.5 Å². The number of hydrogen-bond donors (Lipinski definition) is 0. The van der Waals surface area contributed by atoms with Gasteiger partial charge < -0.3 is 9.64 Å². The van der Waals surface area contributed by atoms with Gasteiger partial charge in [0.15, 0.2) is 0 Å². The van der Waals surface area contributed by atoms with Gasteiger partial charge in [-0.2, -0.15) is 19.0 Å².